The van der Waals surface area contributed by atoms with Gasteiger partial charge in [-0.2, -0.15) is 4.94 Å². The van der Waals surface area contributed by atoms with Crippen LogP contribution in [0.25, 0.3) is 0 Å². The highest BCUT2D eigenvalue weighted by Crippen LogP contribution is 2.19. The fraction of sp³-hybridized carbons (Fsp3) is 1.00. The molecule has 0 aromatic rings. The Morgan fingerprint density at radius 3 is 2.22 bits per heavy atom. The predicted octanol–water partition coefficient (Wildman–Crippen LogP) is 1.16. The van der Waals surface area contributed by atoms with Crippen molar-refractivity contribution in [2.45, 2.75) is 37.8 Å². The highest BCUT2D eigenvalue weighted by Gasteiger charge is 2.18. The van der Waals surface area contributed by atoms with Gasteiger partial charge in [0.15, 0.2) is 0 Å². The molecule has 0 unspecified atom stereocenters. The first-order chi connectivity index (χ1) is 4.33. The summed E-state index contributed by atoms with van der Waals surface area (Å²) in [5.74, 6) is 0. The molecule has 1 aliphatic rings. The van der Waals surface area contributed by atoms with Crippen molar-refractivity contribution >= 4 is 0 Å². The number of halogens is 1. The highest BCUT2D eigenvalue weighted by atomic mass is 19.3. The second-order valence-electron chi connectivity index (χ2n) is 2.63. The Morgan fingerprint density at radius 1 is 1.22 bits per heavy atom. The van der Waals surface area contributed by atoms with E-state index in [1.165, 1.54) is 0 Å². The fourth-order valence-corrected chi connectivity index (χ4v) is 1.18. The molecular formula is C6H12FNO. The first kappa shape index (κ1) is 6.96. The summed E-state index contributed by atoms with van der Waals surface area (Å²) in [5.41, 5.74) is 5.57. The SMILES string of the molecule is NC1CCC(OF)CC1. The summed E-state index contributed by atoms with van der Waals surface area (Å²) in [6.07, 6.45) is 3.17. The number of hydrogen-bond donors (Lipinski definition) is 1. The van der Waals surface area contributed by atoms with Crippen molar-refractivity contribution in [2.75, 3.05) is 0 Å². The third-order valence-electron chi connectivity index (χ3n) is 1.84. The van der Waals surface area contributed by atoms with Crippen LogP contribution in [0.1, 0.15) is 25.7 Å². The topological polar surface area (TPSA) is 35.2 Å². The van der Waals surface area contributed by atoms with Crippen LogP contribution in [0.4, 0.5) is 4.53 Å². The summed E-state index contributed by atoms with van der Waals surface area (Å²) in [6.45, 7) is 0. The monoisotopic (exact) mass is 133 g/mol. The maximum absolute atomic E-state index is 11.5. The highest BCUT2D eigenvalue weighted by molar-refractivity contribution is 4.73. The van der Waals surface area contributed by atoms with Crippen molar-refractivity contribution in [1.82, 2.24) is 0 Å². The largest absolute Gasteiger partial charge is 0.328 e. The summed E-state index contributed by atoms with van der Waals surface area (Å²) in [6, 6.07) is 0.274. The van der Waals surface area contributed by atoms with Crippen LogP contribution in [-0.4, -0.2) is 12.1 Å². The van der Waals surface area contributed by atoms with Gasteiger partial charge in [-0.25, -0.2) is 0 Å². The van der Waals surface area contributed by atoms with Crippen molar-refractivity contribution in [3.8, 4) is 0 Å². The van der Waals surface area contributed by atoms with Gasteiger partial charge in [-0.05, 0) is 30.2 Å². The van der Waals surface area contributed by atoms with Gasteiger partial charge in [0.05, 0.1) is 6.10 Å². The minimum Gasteiger partial charge on any atom is -0.328 e. The van der Waals surface area contributed by atoms with E-state index in [4.69, 9.17) is 5.73 Å². The van der Waals surface area contributed by atoms with E-state index in [-0.39, 0.29) is 12.1 Å². The van der Waals surface area contributed by atoms with E-state index in [1.54, 1.807) is 0 Å². The van der Waals surface area contributed by atoms with E-state index in [0.29, 0.717) is 0 Å². The first-order valence-electron chi connectivity index (χ1n) is 3.36. The molecule has 2 nitrogen and oxygen atoms in total. The van der Waals surface area contributed by atoms with Crippen LogP contribution in [0.2, 0.25) is 0 Å². The quantitative estimate of drug-likeness (QED) is 0.582. The van der Waals surface area contributed by atoms with E-state index in [1.807, 2.05) is 0 Å². The molecule has 0 heterocycles. The average molecular weight is 133 g/mol. The van der Waals surface area contributed by atoms with Gasteiger partial charge in [-0.3, -0.25) is 0 Å². The molecular weight excluding hydrogens is 121 g/mol. The Labute approximate surface area is 54.1 Å². The Kier molecular flexibility index (Phi) is 2.42. The van der Waals surface area contributed by atoms with Crippen molar-refractivity contribution in [2.24, 2.45) is 5.73 Å². The van der Waals surface area contributed by atoms with Gasteiger partial charge < -0.3 is 5.73 Å². The Morgan fingerprint density at radius 2 is 1.78 bits per heavy atom. The van der Waals surface area contributed by atoms with Crippen molar-refractivity contribution < 1.29 is 9.47 Å². The lowest BCUT2D eigenvalue weighted by Crippen LogP contribution is -2.29. The van der Waals surface area contributed by atoms with E-state index in [2.05, 4.69) is 4.94 Å². The molecule has 0 amide bonds. The van der Waals surface area contributed by atoms with Crippen LogP contribution < -0.4 is 5.73 Å². The third kappa shape index (κ3) is 1.91. The standard InChI is InChI=1S/C6H12FNO/c7-9-6-3-1-5(8)2-4-6/h5-6H,1-4,8H2. The minimum atomic E-state index is -0.176. The van der Waals surface area contributed by atoms with Gasteiger partial charge in [-0.1, -0.05) is 0 Å². The summed E-state index contributed by atoms with van der Waals surface area (Å²) < 4.78 is 11.5. The third-order valence-corrected chi connectivity index (χ3v) is 1.84. The van der Waals surface area contributed by atoms with E-state index in [9.17, 15) is 4.53 Å². The molecule has 0 radical (unpaired) electrons. The molecule has 9 heavy (non-hydrogen) atoms. The molecule has 1 saturated carbocycles. The molecule has 0 aromatic carbocycles. The Balaban J connectivity index is 2.18. The van der Waals surface area contributed by atoms with Crippen molar-refractivity contribution in [3.05, 3.63) is 0 Å². The van der Waals surface area contributed by atoms with Gasteiger partial charge in [0.2, 0.25) is 0 Å². The van der Waals surface area contributed by atoms with E-state index in [0.717, 1.165) is 25.7 Å². The lowest BCUT2D eigenvalue weighted by molar-refractivity contribution is -0.187. The molecule has 0 aliphatic heterocycles. The molecule has 0 aromatic heterocycles. The molecule has 2 N–H and O–H groups in total. The fourth-order valence-electron chi connectivity index (χ4n) is 1.18. The van der Waals surface area contributed by atoms with E-state index >= 15 is 0 Å². The van der Waals surface area contributed by atoms with Gasteiger partial charge in [0, 0.05) is 6.04 Å². The Hall–Kier alpha value is -0.150. The molecule has 0 spiro atoms. The first-order valence-corrected chi connectivity index (χ1v) is 3.36. The molecule has 1 rings (SSSR count). The van der Waals surface area contributed by atoms with Crippen LogP contribution in [0.3, 0.4) is 0 Å². The molecule has 3 heteroatoms. The van der Waals surface area contributed by atoms with Crippen LogP contribution in [0.5, 0.6) is 0 Å². The zero-order valence-corrected chi connectivity index (χ0v) is 5.35. The summed E-state index contributed by atoms with van der Waals surface area (Å²) in [7, 11) is 0. The molecule has 1 fully saturated rings. The minimum absolute atomic E-state index is 0.176. The number of hydrogen-bond acceptors (Lipinski definition) is 2. The molecule has 54 valence electrons. The van der Waals surface area contributed by atoms with Gasteiger partial charge in [-0.15, -0.1) is 0 Å². The van der Waals surface area contributed by atoms with Gasteiger partial charge in [0.1, 0.15) is 0 Å². The van der Waals surface area contributed by atoms with Crippen molar-refractivity contribution in [1.29, 1.82) is 0 Å². The smallest absolute Gasteiger partial charge is 0.0984 e. The maximum Gasteiger partial charge on any atom is 0.0984 e. The van der Waals surface area contributed by atoms with Crippen molar-refractivity contribution in [3.63, 3.8) is 0 Å². The zero-order chi connectivity index (χ0) is 6.69. The predicted molar refractivity (Wildman–Crippen MR) is 32.4 cm³/mol. The lowest BCUT2D eigenvalue weighted by Gasteiger charge is -2.22. The van der Waals surface area contributed by atoms with Crippen LogP contribution in [0, 0.1) is 0 Å². The number of rotatable bonds is 1. The normalized spacial score (nSPS) is 36.7. The molecule has 0 saturated heterocycles. The Bertz CT molecular complexity index is 81.1. The van der Waals surface area contributed by atoms with Crippen LogP contribution in [-0.2, 0) is 4.94 Å². The van der Waals surface area contributed by atoms with E-state index < -0.39 is 0 Å². The summed E-state index contributed by atoms with van der Waals surface area (Å²) in [4.78, 5) is 3.68. The summed E-state index contributed by atoms with van der Waals surface area (Å²) in [5, 5.41) is 0. The van der Waals surface area contributed by atoms with Crippen LogP contribution >= 0.6 is 0 Å². The second-order valence-corrected chi connectivity index (χ2v) is 2.63. The molecule has 0 atom stereocenters. The maximum atomic E-state index is 11.5. The summed E-state index contributed by atoms with van der Waals surface area (Å²) >= 11 is 0. The second kappa shape index (κ2) is 3.13. The molecule has 0 bridgehead atoms. The van der Waals surface area contributed by atoms with Crippen LogP contribution in [0.15, 0.2) is 0 Å². The zero-order valence-electron chi connectivity index (χ0n) is 5.35. The lowest BCUT2D eigenvalue weighted by atomic mass is 9.94. The average Bonchev–Trinajstić information content (AvgIpc) is 1.90. The van der Waals surface area contributed by atoms with Gasteiger partial charge >= 0.3 is 0 Å². The van der Waals surface area contributed by atoms with Gasteiger partial charge in [0.25, 0.3) is 0 Å². The number of nitrogens with two attached hydrogens (primary N) is 1. The molecule has 1 aliphatic carbocycles.